The van der Waals surface area contributed by atoms with Crippen LogP contribution >= 0.6 is 34.2 Å². The number of rotatable bonds is 3. The van der Waals surface area contributed by atoms with Crippen LogP contribution in [0, 0.1) is 3.57 Å². The molecule has 21 heavy (non-hydrogen) atoms. The maximum absolute atomic E-state index is 5.98. The molecule has 0 aromatic heterocycles. The topological polar surface area (TPSA) is 21.3 Å². The molecule has 0 amide bonds. The molecule has 0 bridgehead atoms. The molecule has 2 aromatic rings. The molecule has 1 N–H and O–H groups in total. The molecule has 1 aliphatic heterocycles. The maximum atomic E-state index is 5.98. The third kappa shape index (κ3) is 3.46. The van der Waals surface area contributed by atoms with Gasteiger partial charge in [0.1, 0.15) is 11.4 Å². The van der Waals surface area contributed by atoms with E-state index < -0.39 is 0 Å². The Morgan fingerprint density at radius 1 is 1.24 bits per heavy atom. The van der Waals surface area contributed by atoms with Gasteiger partial charge in [-0.15, -0.1) is 0 Å². The quantitative estimate of drug-likeness (QED) is 0.692. The number of halogens is 2. The van der Waals surface area contributed by atoms with Crippen molar-refractivity contribution in [3.63, 3.8) is 0 Å². The van der Waals surface area contributed by atoms with E-state index in [1.807, 2.05) is 18.2 Å². The second-order valence-electron chi connectivity index (χ2n) is 5.96. The summed E-state index contributed by atoms with van der Waals surface area (Å²) in [5.74, 6) is 1.02. The van der Waals surface area contributed by atoms with Crippen LogP contribution in [-0.4, -0.2) is 5.60 Å². The standard InChI is InChI=1S/C17H17ClINO/c1-17(2)9-12-7-11(3-6-16(12)21-17)10-20-15-5-4-13(18)8-14(15)19/h3-8,20H,9-10H2,1-2H3. The Morgan fingerprint density at radius 3 is 2.81 bits per heavy atom. The minimum atomic E-state index is -0.0834. The predicted octanol–water partition coefficient (Wildman–Crippen LogP) is 5.27. The van der Waals surface area contributed by atoms with Crippen molar-refractivity contribution >= 4 is 39.9 Å². The molecule has 0 spiro atoms. The Bertz CT molecular complexity index is 684. The highest BCUT2D eigenvalue weighted by molar-refractivity contribution is 14.1. The fourth-order valence-corrected chi connectivity index (χ4v) is 3.67. The van der Waals surface area contributed by atoms with Gasteiger partial charge >= 0.3 is 0 Å². The largest absolute Gasteiger partial charge is 0.487 e. The summed E-state index contributed by atoms with van der Waals surface area (Å²) in [6.45, 7) is 5.05. The van der Waals surface area contributed by atoms with Crippen molar-refractivity contribution in [2.24, 2.45) is 0 Å². The molecule has 0 atom stereocenters. The van der Waals surface area contributed by atoms with E-state index in [1.54, 1.807) is 0 Å². The highest BCUT2D eigenvalue weighted by Crippen LogP contribution is 2.35. The maximum Gasteiger partial charge on any atom is 0.123 e. The zero-order valence-electron chi connectivity index (χ0n) is 12.0. The van der Waals surface area contributed by atoms with Crippen molar-refractivity contribution in [2.45, 2.75) is 32.4 Å². The van der Waals surface area contributed by atoms with Crippen LogP contribution in [0.3, 0.4) is 0 Å². The number of fused-ring (bicyclic) bond motifs is 1. The van der Waals surface area contributed by atoms with E-state index >= 15 is 0 Å². The number of nitrogens with one attached hydrogen (secondary N) is 1. The number of hydrogen-bond acceptors (Lipinski definition) is 2. The fourth-order valence-electron chi connectivity index (χ4n) is 2.60. The average molecular weight is 414 g/mol. The van der Waals surface area contributed by atoms with Gasteiger partial charge in [0, 0.05) is 27.2 Å². The van der Waals surface area contributed by atoms with E-state index in [-0.39, 0.29) is 5.60 Å². The van der Waals surface area contributed by atoms with Crippen LogP contribution in [0.5, 0.6) is 5.75 Å². The van der Waals surface area contributed by atoms with E-state index in [9.17, 15) is 0 Å². The molecule has 4 heteroatoms. The van der Waals surface area contributed by atoms with Crippen molar-refractivity contribution in [2.75, 3.05) is 5.32 Å². The van der Waals surface area contributed by atoms with Crippen LogP contribution in [0.4, 0.5) is 5.69 Å². The van der Waals surface area contributed by atoms with E-state index in [4.69, 9.17) is 16.3 Å². The molecular weight excluding hydrogens is 397 g/mol. The second kappa shape index (κ2) is 5.69. The van der Waals surface area contributed by atoms with Crippen LogP contribution < -0.4 is 10.1 Å². The summed E-state index contributed by atoms with van der Waals surface area (Å²) in [7, 11) is 0. The van der Waals surface area contributed by atoms with Crippen molar-refractivity contribution in [1.82, 2.24) is 0 Å². The Labute approximate surface area is 144 Å². The summed E-state index contributed by atoms with van der Waals surface area (Å²) < 4.78 is 7.04. The molecule has 0 aliphatic carbocycles. The van der Waals surface area contributed by atoms with Gasteiger partial charge in [-0.3, -0.25) is 0 Å². The molecule has 0 saturated heterocycles. The normalized spacial score (nSPS) is 15.4. The van der Waals surface area contributed by atoms with Gasteiger partial charge in [0.15, 0.2) is 0 Å². The third-order valence-corrected chi connectivity index (χ3v) is 4.67. The highest BCUT2D eigenvalue weighted by atomic mass is 127. The zero-order valence-corrected chi connectivity index (χ0v) is 15.0. The fraction of sp³-hybridized carbons (Fsp3) is 0.294. The molecule has 1 heterocycles. The van der Waals surface area contributed by atoms with Gasteiger partial charge < -0.3 is 10.1 Å². The molecule has 0 fully saturated rings. The van der Waals surface area contributed by atoms with Crippen LogP contribution in [0.1, 0.15) is 25.0 Å². The lowest BCUT2D eigenvalue weighted by Gasteiger charge is -2.16. The van der Waals surface area contributed by atoms with Gasteiger partial charge in [0.25, 0.3) is 0 Å². The first-order valence-electron chi connectivity index (χ1n) is 6.93. The molecule has 3 rings (SSSR count). The number of benzene rings is 2. The number of ether oxygens (including phenoxy) is 1. The van der Waals surface area contributed by atoms with E-state index in [2.05, 4.69) is 60.0 Å². The lowest BCUT2D eigenvalue weighted by atomic mass is 10.0. The van der Waals surface area contributed by atoms with Crippen LogP contribution in [-0.2, 0) is 13.0 Å². The molecule has 2 aromatic carbocycles. The monoisotopic (exact) mass is 413 g/mol. The molecule has 110 valence electrons. The molecular formula is C17H17ClINO. The molecule has 0 saturated carbocycles. The zero-order chi connectivity index (χ0) is 15.0. The van der Waals surface area contributed by atoms with Crippen molar-refractivity contribution in [3.05, 3.63) is 56.1 Å². The lowest BCUT2D eigenvalue weighted by molar-refractivity contribution is 0.138. The summed E-state index contributed by atoms with van der Waals surface area (Å²) in [6, 6.07) is 12.3. The Kier molecular flexibility index (Phi) is 4.06. The number of hydrogen-bond donors (Lipinski definition) is 1. The Morgan fingerprint density at radius 2 is 2.05 bits per heavy atom. The molecule has 0 radical (unpaired) electrons. The Balaban J connectivity index is 1.72. The summed E-state index contributed by atoms with van der Waals surface area (Å²) in [4.78, 5) is 0. The van der Waals surface area contributed by atoms with Gasteiger partial charge in [-0.05, 0) is 71.8 Å². The first kappa shape index (κ1) is 15.0. The first-order chi connectivity index (χ1) is 9.93. The van der Waals surface area contributed by atoms with Gasteiger partial charge in [0.2, 0.25) is 0 Å². The first-order valence-corrected chi connectivity index (χ1v) is 8.38. The van der Waals surface area contributed by atoms with Crippen LogP contribution in [0.2, 0.25) is 5.02 Å². The van der Waals surface area contributed by atoms with Gasteiger partial charge in [-0.25, -0.2) is 0 Å². The minimum Gasteiger partial charge on any atom is -0.487 e. The molecule has 2 nitrogen and oxygen atoms in total. The molecule has 0 unspecified atom stereocenters. The highest BCUT2D eigenvalue weighted by Gasteiger charge is 2.29. The van der Waals surface area contributed by atoms with Gasteiger partial charge in [-0.2, -0.15) is 0 Å². The third-order valence-electron chi connectivity index (χ3n) is 3.54. The predicted molar refractivity (Wildman–Crippen MR) is 96.3 cm³/mol. The van der Waals surface area contributed by atoms with Crippen molar-refractivity contribution in [3.8, 4) is 5.75 Å². The average Bonchev–Trinajstić information content (AvgIpc) is 2.70. The molecule has 1 aliphatic rings. The van der Waals surface area contributed by atoms with Crippen LogP contribution in [0.25, 0.3) is 0 Å². The Hall–Kier alpha value is -0.940. The van der Waals surface area contributed by atoms with Crippen molar-refractivity contribution < 1.29 is 4.74 Å². The van der Waals surface area contributed by atoms with Crippen LogP contribution in [0.15, 0.2) is 36.4 Å². The summed E-state index contributed by atoms with van der Waals surface area (Å²) >= 11 is 8.27. The van der Waals surface area contributed by atoms with Gasteiger partial charge in [0.05, 0.1) is 0 Å². The lowest BCUT2D eigenvalue weighted by Crippen LogP contribution is -2.24. The van der Waals surface area contributed by atoms with E-state index in [0.717, 1.165) is 33.0 Å². The SMILES string of the molecule is CC1(C)Cc2cc(CNc3ccc(Cl)cc3I)ccc2O1. The van der Waals surface area contributed by atoms with E-state index in [0.29, 0.717) is 0 Å². The van der Waals surface area contributed by atoms with Crippen molar-refractivity contribution in [1.29, 1.82) is 0 Å². The minimum absolute atomic E-state index is 0.0834. The van der Waals surface area contributed by atoms with E-state index in [1.165, 1.54) is 11.1 Å². The summed E-state index contributed by atoms with van der Waals surface area (Å²) in [5.41, 5.74) is 3.59. The second-order valence-corrected chi connectivity index (χ2v) is 7.56. The smallest absolute Gasteiger partial charge is 0.123 e. The summed E-state index contributed by atoms with van der Waals surface area (Å²) in [5, 5.41) is 4.23. The van der Waals surface area contributed by atoms with Gasteiger partial charge in [-0.1, -0.05) is 23.7 Å². The summed E-state index contributed by atoms with van der Waals surface area (Å²) in [6.07, 6.45) is 0.967. The number of anilines is 1.